The molecule has 68 heavy (non-hydrogen) atoms. The van der Waals surface area contributed by atoms with Crippen LogP contribution in [0.15, 0.2) is 235 Å². The maximum atomic E-state index is 6.99. The fourth-order valence-corrected chi connectivity index (χ4v) is 10.5. The Kier molecular flexibility index (Phi) is 8.52. The van der Waals surface area contributed by atoms with E-state index in [-0.39, 0.29) is 0 Å². The summed E-state index contributed by atoms with van der Waals surface area (Å²) in [5, 5.41) is 11.9. The fourth-order valence-electron chi connectivity index (χ4n) is 10.5. The highest BCUT2D eigenvalue weighted by molar-refractivity contribution is 6.26. The van der Waals surface area contributed by atoms with Gasteiger partial charge in [0.2, 0.25) is 0 Å². The summed E-state index contributed by atoms with van der Waals surface area (Å²) in [6.07, 6.45) is 0. The molecule has 0 fully saturated rings. The molecular formula is C63H38N4O. The van der Waals surface area contributed by atoms with Crippen molar-refractivity contribution >= 4 is 76.1 Å². The zero-order chi connectivity index (χ0) is 44.7. The van der Waals surface area contributed by atoms with Crippen LogP contribution in [-0.4, -0.2) is 19.5 Å². The molecule has 0 atom stereocenters. The van der Waals surface area contributed by atoms with E-state index in [9.17, 15) is 0 Å². The molecule has 0 aliphatic heterocycles. The van der Waals surface area contributed by atoms with Gasteiger partial charge in [-0.2, -0.15) is 0 Å². The molecule has 5 nitrogen and oxygen atoms in total. The number of rotatable bonds is 6. The molecule has 0 spiro atoms. The number of hydrogen-bond acceptors (Lipinski definition) is 4. The van der Waals surface area contributed by atoms with E-state index in [1.54, 1.807) is 0 Å². The van der Waals surface area contributed by atoms with Crippen LogP contribution in [0.25, 0.3) is 138 Å². The quantitative estimate of drug-likeness (QED) is 0.156. The second kappa shape index (κ2) is 15.2. The van der Waals surface area contributed by atoms with Gasteiger partial charge in [-0.3, -0.25) is 0 Å². The first-order chi connectivity index (χ1) is 33.7. The van der Waals surface area contributed by atoms with Crippen LogP contribution < -0.4 is 0 Å². The minimum atomic E-state index is 0.571. The highest BCUT2D eigenvalue weighted by Crippen LogP contribution is 2.45. The minimum absolute atomic E-state index is 0.571. The third-order valence-corrected chi connectivity index (χ3v) is 13.6. The number of hydrogen-bond donors (Lipinski definition) is 0. The standard InChI is InChI=1S/C63H38N4O/c1-3-17-39(18-4-1)61-64-62(40-19-5-2-6-20-40)66-63(65-61)52-34-32-42(41-31-33-48-46-23-8-7-21-44(46)45-22-9-10-24-47(45)53(48)35-41)36-54(52)56-38-43(37-55-51-27-13-16-30-59(51)68-60(55)56)67-57-28-14-11-25-49(57)50-26-12-15-29-58(50)67/h1-38H. The summed E-state index contributed by atoms with van der Waals surface area (Å²) in [7, 11) is 0. The Bertz CT molecular complexity index is 4180. The summed E-state index contributed by atoms with van der Waals surface area (Å²) in [4.78, 5) is 15.7. The lowest BCUT2D eigenvalue weighted by molar-refractivity contribution is 0.670. The highest BCUT2D eigenvalue weighted by Gasteiger charge is 2.23. The molecular weight excluding hydrogens is 829 g/mol. The molecule has 5 heteroatoms. The van der Waals surface area contributed by atoms with Crippen LogP contribution in [0.1, 0.15) is 0 Å². The molecule has 14 aromatic rings. The van der Waals surface area contributed by atoms with E-state index < -0.39 is 0 Å². The average Bonchev–Trinajstić information content (AvgIpc) is 3.97. The first-order valence-corrected chi connectivity index (χ1v) is 23.0. The summed E-state index contributed by atoms with van der Waals surface area (Å²) in [6.45, 7) is 0. The molecule has 0 amide bonds. The lowest BCUT2D eigenvalue weighted by Crippen LogP contribution is -2.01. The first kappa shape index (κ1) is 38.1. The molecule has 0 saturated carbocycles. The summed E-state index contributed by atoms with van der Waals surface area (Å²) >= 11 is 0. The van der Waals surface area contributed by atoms with Crippen molar-refractivity contribution in [3.05, 3.63) is 231 Å². The lowest BCUT2D eigenvalue weighted by Gasteiger charge is -2.17. The highest BCUT2D eigenvalue weighted by atomic mass is 16.3. The van der Waals surface area contributed by atoms with Crippen molar-refractivity contribution in [3.63, 3.8) is 0 Å². The molecule has 0 aliphatic rings. The number of para-hydroxylation sites is 3. The maximum Gasteiger partial charge on any atom is 0.164 e. The summed E-state index contributed by atoms with van der Waals surface area (Å²) in [5.41, 5.74) is 11.7. The average molecular weight is 867 g/mol. The van der Waals surface area contributed by atoms with Crippen molar-refractivity contribution in [2.45, 2.75) is 0 Å². The first-order valence-electron chi connectivity index (χ1n) is 23.0. The van der Waals surface area contributed by atoms with Gasteiger partial charge < -0.3 is 8.98 Å². The number of aromatic nitrogens is 4. The Balaban J connectivity index is 1.09. The van der Waals surface area contributed by atoms with Crippen LogP contribution in [0, 0.1) is 0 Å². The van der Waals surface area contributed by atoms with Gasteiger partial charge in [-0.25, -0.2) is 15.0 Å². The zero-order valence-electron chi connectivity index (χ0n) is 36.6. The molecule has 0 unspecified atom stereocenters. The molecule has 0 radical (unpaired) electrons. The van der Waals surface area contributed by atoms with Crippen LogP contribution in [0.2, 0.25) is 0 Å². The number of benzene rings is 11. The Morgan fingerprint density at radius 1 is 0.279 bits per heavy atom. The number of nitrogens with zero attached hydrogens (tertiary/aromatic N) is 4. The Labute approximate surface area is 390 Å². The van der Waals surface area contributed by atoms with Crippen molar-refractivity contribution < 1.29 is 4.42 Å². The molecule has 0 aliphatic carbocycles. The number of furan rings is 1. The molecule has 11 aromatic carbocycles. The summed E-state index contributed by atoms with van der Waals surface area (Å²) < 4.78 is 9.38. The summed E-state index contributed by atoms with van der Waals surface area (Å²) in [6, 6.07) is 81.7. The van der Waals surface area contributed by atoms with Gasteiger partial charge in [-0.1, -0.05) is 182 Å². The third-order valence-electron chi connectivity index (χ3n) is 13.6. The molecule has 0 saturated heterocycles. The molecule has 0 bridgehead atoms. The Morgan fingerprint density at radius 3 is 1.37 bits per heavy atom. The van der Waals surface area contributed by atoms with E-state index in [0.29, 0.717) is 17.5 Å². The van der Waals surface area contributed by atoms with Gasteiger partial charge in [0.1, 0.15) is 11.2 Å². The normalized spacial score (nSPS) is 11.8. The molecule has 3 heterocycles. The van der Waals surface area contributed by atoms with Crippen LogP contribution in [0.4, 0.5) is 0 Å². The van der Waals surface area contributed by atoms with E-state index >= 15 is 0 Å². The van der Waals surface area contributed by atoms with Crippen LogP contribution in [0.3, 0.4) is 0 Å². The van der Waals surface area contributed by atoms with Gasteiger partial charge in [-0.05, 0) is 97.5 Å². The smallest absolute Gasteiger partial charge is 0.164 e. The van der Waals surface area contributed by atoms with Crippen molar-refractivity contribution in [3.8, 4) is 62.1 Å². The van der Waals surface area contributed by atoms with E-state index in [1.165, 1.54) is 43.1 Å². The van der Waals surface area contributed by atoms with Crippen LogP contribution in [0.5, 0.6) is 0 Å². The molecule has 3 aromatic heterocycles. The molecule has 316 valence electrons. The van der Waals surface area contributed by atoms with E-state index in [0.717, 1.165) is 77.6 Å². The van der Waals surface area contributed by atoms with E-state index in [4.69, 9.17) is 19.4 Å². The fraction of sp³-hybridized carbons (Fsp3) is 0. The largest absolute Gasteiger partial charge is 0.455 e. The van der Waals surface area contributed by atoms with E-state index in [1.807, 2.05) is 42.5 Å². The van der Waals surface area contributed by atoms with Gasteiger partial charge in [0.05, 0.1) is 11.0 Å². The van der Waals surface area contributed by atoms with Crippen molar-refractivity contribution in [2.75, 3.05) is 0 Å². The topological polar surface area (TPSA) is 56.7 Å². The lowest BCUT2D eigenvalue weighted by atomic mass is 9.90. The Hall–Kier alpha value is -9.19. The summed E-state index contributed by atoms with van der Waals surface area (Å²) in [5.74, 6) is 1.78. The minimum Gasteiger partial charge on any atom is -0.455 e. The van der Waals surface area contributed by atoms with Gasteiger partial charge in [-0.15, -0.1) is 0 Å². The van der Waals surface area contributed by atoms with Crippen LogP contribution in [-0.2, 0) is 0 Å². The predicted octanol–water partition coefficient (Wildman–Crippen LogP) is 16.7. The van der Waals surface area contributed by atoms with Gasteiger partial charge in [0, 0.05) is 49.5 Å². The van der Waals surface area contributed by atoms with Gasteiger partial charge >= 0.3 is 0 Å². The second-order valence-corrected chi connectivity index (χ2v) is 17.5. The van der Waals surface area contributed by atoms with Crippen LogP contribution >= 0.6 is 0 Å². The predicted molar refractivity (Wildman–Crippen MR) is 281 cm³/mol. The number of fused-ring (bicyclic) bond motifs is 12. The Morgan fingerprint density at radius 2 is 0.750 bits per heavy atom. The SMILES string of the molecule is c1ccc(-c2nc(-c3ccccc3)nc(-c3ccc(-c4ccc5c6ccccc6c6ccccc6c5c4)cc3-c3cc(-n4c5ccccc5c5ccccc54)cc4c3oc3ccccc34)n2)cc1. The van der Waals surface area contributed by atoms with Crippen molar-refractivity contribution in [1.82, 2.24) is 19.5 Å². The monoisotopic (exact) mass is 866 g/mol. The second-order valence-electron chi connectivity index (χ2n) is 17.5. The third kappa shape index (κ3) is 5.99. The zero-order valence-corrected chi connectivity index (χ0v) is 36.6. The van der Waals surface area contributed by atoms with E-state index in [2.05, 4.69) is 193 Å². The van der Waals surface area contributed by atoms with Gasteiger partial charge in [0.15, 0.2) is 17.5 Å². The maximum absolute atomic E-state index is 6.99. The molecule has 0 N–H and O–H groups in total. The van der Waals surface area contributed by atoms with Crippen molar-refractivity contribution in [1.29, 1.82) is 0 Å². The van der Waals surface area contributed by atoms with Crippen molar-refractivity contribution in [2.24, 2.45) is 0 Å². The molecule has 14 rings (SSSR count). The van der Waals surface area contributed by atoms with Gasteiger partial charge in [0.25, 0.3) is 0 Å².